The van der Waals surface area contributed by atoms with E-state index in [0.29, 0.717) is 5.92 Å². The van der Waals surface area contributed by atoms with E-state index in [1.165, 1.54) is 108 Å². The third kappa shape index (κ3) is 7.25. The quantitative estimate of drug-likeness (QED) is 0.147. The van der Waals surface area contributed by atoms with Crippen LogP contribution < -0.4 is 4.90 Å². The molecule has 0 heterocycles. The van der Waals surface area contributed by atoms with E-state index in [1.807, 2.05) is 0 Å². The van der Waals surface area contributed by atoms with Crippen molar-refractivity contribution in [1.82, 2.24) is 0 Å². The van der Waals surface area contributed by atoms with Crippen LogP contribution in [0.2, 0.25) is 0 Å². The first kappa shape index (κ1) is 45.0. The molecule has 3 aliphatic rings. The number of benzene rings is 8. The van der Waals surface area contributed by atoms with Crippen LogP contribution in [-0.4, -0.2) is 0 Å². The minimum Gasteiger partial charge on any atom is -0.310 e. The van der Waals surface area contributed by atoms with Crippen LogP contribution in [0.1, 0.15) is 151 Å². The van der Waals surface area contributed by atoms with Crippen molar-refractivity contribution in [2.24, 2.45) is 0 Å². The van der Waals surface area contributed by atoms with Crippen LogP contribution in [-0.2, 0) is 27.1 Å². The van der Waals surface area contributed by atoms with Crippen LogP contribution in [0.25, 0.3) is 33.4 Å². The maximum Gasteiger partial charge on any atom is 0.0714 e. The van der Waals surface area contributed by atoms with Crippen molar-refractivity contribution in [2.75, 3.05) is 4.90 Å². The molecule has 0 fully saturated rings. The zero-order chi connectivity index (χ0) is 48.1. The molecule has 8 aromatic carbocycles. The number of hydrogen-bond donors (Lipinski definition) is 0. The maximum atomic E-state index is 2.65. The van der Waals surface area contributed by atoms with Gasteiger partial charge in [0.15, 0.2) is 0 Å². The standard InChI is InChI=1S/C68H69N/c1-45(2)53-42-61-62(67(9,10)39-38-66(61,7)8)43-54(53)56-41-55-52-28-20-21-29-57(52)68(48-24-16-12-17-25-48,49-26-18-13-19-27-49)59(55)44-63(56)69(50-32-30-47(31-33-50)46-22-14-11-15-23-46)51-34-35-58-60(40-51)65(5,6)37-36-64(58,3)4/h11-35,40-45H,36-39H2,1-10H3. The summed E-state index contributed by atoms with van der Waals surface area (Å²) in [6, 6.07) is 70.0. The molecule has 0 radical (unpaired) electrons. The molecule has 69 heavy (non-hydrogen) atoms. The zero-order valence-electron chi connectivity index (χ0n) is 42.7. The van der Waals surface area contributed by atoms with E-state index in [9.17, 15) is 0 Å². The summed E-state index contributed by atoms with van der Waals surface area (Å²) in [4.78, 5) is 2.63. The summed E-state index contributed by atoms with van der Waals surface area (Å²) < 4.78 is 0. The molecule has 8 aromatic rings. The predicted octanol–water partition coefficient (Wildman–Crippen LogP) is 18.7. The van der Waals surface area contributed by atoms with Gasteiger partial charge in [0.25, 0.3) is 0 Å². The Morgan fingerprint density at radius 2 is 0.826 bits per heavy atom. The molecule has 0 aliphatic heterocycles. The largest absolute Gasteiger partial charge is 0.310 e. The van der Waals surface area contributed by atoms with Gasteiger partial charge in [0.1, 0.15) is 0 Å². The van der Waals surface area contributed by atoms with Gasteiger partial charge in [-0.15, -0.1) is 0 Å². The second-order valence-corrected chi connectivity index (χ2v) is 23.6. The Morgan fingerprint density at radius 3 is 1.41 bits per heavy atom. The highest BCUT2D eigenvalue weighted by molar-refractivity contribution is 5.98. The Balaban J connectivity index is 1.29. The lowest BCUT2D eigenvalue weighted by Gasteiger charge is -2.43. The fourth-order valence-corrected chi connectivity index (χ4v) is 12.8. The fourth-order valence-electron chi connectivity index (χ4n) is 12.8. The first-order valence-electron chi connectivity index (χ1n) is 25.7. The third-order valence-electron chi connectivity index (χ3n) is 17.1. The highest BCUT2D eigenvalue weighted by Gasteiger charge is 2.47. The average Bonchev–Trinajstić information content (AvgIpc) is 3.65. The minimum atomic E-state index is -0.560. The summed E-state index contributed by atoms with van der Waals surface area (Å²) in [5, 5.41) is 0. The van der Waals surface area contributed by atoms with Crippen LogP contribution in [0.5, 0.6) is 0 Å². The summed E-state index contributed by atoms with van der Waals surface area (Å²) in [5.41, 5.74) is 23.4. The maximum absolute atomic E-state index is 2.65. The number of anilines is 3. The normalized spacial score (nSPS) is 17.6. The van der Waals surface area contributed by atoms with Crippen LogP contribution in [0, 0.1) is 0 Å². The monoisotopic (exact) mass is 900 g/mol. The van der Waals surface area contributed by atoms with E-state index < -0.39 is 5.41 Å². The topological polar surface area (TPSA) is 3.24 Å². The molecule has 0 unspecified atom stereocenters. The summed E-state index contributed by atoms with van der Waals surface area (Å²) >= 11 is 0. The predicted molar refractivity (Wildman–Crippen MR) is 294 cm³/mol. The molecule has 11 rings (SSSR count). The Bertz CT molecular complexity index is 3180. The molecule has 0 bridgehead atoms. The van der Waals surface area contributed by atoms with E-state index in [4.69, 9.17) is 0 Å². The first-order valence-corrected chi connectivity index (χ1v) is 25.7. The molecule has 0 N–H and O–H groups in total. The molecule has 0 amide bonds. The van der Waals surface area contributed by atoms with Gasteiger partial charge in [-0.1, -0.05) is 209 Å². The molecule has 0 saturated heterocycles. The van der Waals surface area contributed by atoms with Crippen molar-refractivity contribution < 1.29 is 0 Å². The molecule has 1 heteroatoms. The number of rotatable bonds is 8. The van der Waals surface area contributed by atoms with Crippen molar-refractivity contribution in [3.05, 3.63) is 232 Å². The lowest BCUT2D eigenvalue weighted by molar-refractivity contribution is 0.331. The van der Waals surface area contributed by atoms with Crippen molar-refractivity contribution in [3.8, 4) is 33.4 Å². The van der Waals surface area contributed by atoms with E-state index in [-0.39, 0.29) is 21.7 Å². The van der Waals surface area contributed by atoms with Crippen LogP contribution in [0.4, 0.5) is 17.1 Å². The second kappa shape index (κ2) is 16.3. The van der Waals surface area contributed by atoms with Crippen LogP contribution >= 0.6 is 0 Å². The minimum absolute atomic E-state index is 0.0313. The van der Waals surface area contributed by atoms with Gasteiger partial charge in [-0.2, -0.15) is 0 Å². The number of fused-ring (bicyclic) bond motifs is 5. The van der Waals surface area contributed by atoms with Gasteiger partial charge in [0.05, 0.1) is 11.1 Å². The number of hydrogen-bond acceptors (Lipinski definition) is 1. The average molecular weight is 900 g/mol. The summed E-state index contributed by atoms with van der Waals surface area (Å²) in [6.07, 6.45) is 4.68. The second-order valence-electron chi connectivity index (χ2n) is 23.6. The van der Waals surface area contributed by atoms with Gasteiger partial charge >= 0.3 is 0 Å². The molecule has 1 nitrogen and oxygen atoms in total. The van der Waals surface area contributed by atoms with Crippen molar-refractivity contribution in [2.45, 2.75) is 128 Å². The van der Waals surface area contributed by atoms with E-state index in [1.54, 1.807) is 0 Å². The Morgan fingerprint density at radius 1 is 0.348 bits per heavy atom. The smallest absolute Gasteiger partial charge is 0.0714 e. The summed E-state index contributed by atoms with van der Waals surface area (Å²) in [5.74, 6) is 0.303. The molecule has 0 saturated carbocycles. The molecule has 3 aliphatic carbocycles. The zero-order valence-corrected chi connectivity index (χ0v) is 42.7. The molecule has 0 aromatic heterocycles. The SMILES string of the molecule is CC(C)c1cc2c(cc1-c1cc3c(cc1N(c1ccc(-c4ccccc4)cc1)c1ccc4c(c1)C(C)(C)CCC4(C)C)C(c1ccccc1)(c1ccccc1)c1ccccc1-3)C(C)(C)CCC2(C)C. The van der Waals surface area contributed by atoms with Crippen LogP contribution in [0.3, 0.4) is 0 Å². The van der Waals surface area contributed by atoms with Crippen molar-refractivity contribution in [3.63, 3.8) is 0 Å². The van der Waals surface area contributed by atoms with E-state index >= 15 is 0 Å². The number of nitrogens with zero attached hydrogens (tertiary/aromatic N) is 1. The van der Waals surface area contributed by atoms with Gasteiger partial charge in [-0.25, -0.2) is 0 Å². The Labute approximate surface area is 413 Å². The molecule has 0 spiro atoms. The lowest BCUT2D eigenvalue weighted by Crippen LogP contribution is -2.34. The first-order chi connectivity index (χ1) is 33.0. The van der Waals surface area contributed by atoms with Gasteiger partial charge in [-0.3, -0.25) is 0 Å². The van der Waals surface area contributed by atoms with Gasteiger partial charge < -0.3 is 4.90 Å². The van der Waals surface area contributed by atoms with Gasteiger partial charge in [-0.05, 0) is 174 Å². The molecular weight excluding hydrogens is 831 g/mol. The van der Waals surface area contributed by atoms with E-state index in [2.05, 4.69) is 256 Å². The molecule has 346 valence electrons. The van der Waals surface area contributed by atoms with E-state index in [0.717, 1.165) is 18.5 Å². The summed E-state index contributed by atoms with van der Waals surface area (Å²) in [6.45, 7) is 24.5. The van der Waals surface area contributed by atoms with Gasteiger partial charge in [0, 0.05) is 16.9 Å². The molecular formula is C68H69N. The lowest BCUT2D eigenvalue weighted by atomic mass is 9.62. The molecule has 0 atom stereocenters. The Hall–Kier alpha value is -6.44. The van der Waals surface area contributed by atoms with Crippen molar-refractivity contribution in [1.29, 1.82) is 0 Å². The van der Waals surface area contributed by atoms with Crippen LogP contribution in [0.15, 0.2) is 182 Å². The third-order valence-corrected chi connectivity index (χ3v) is 17.1. The summed E-state index contributed by atoms with van der Waals surface area (Å²) in [7, 11) is 0. The van der Waals surface area contributed by atoms with Crippen molar-refractivity contribution >= 4 is 17.1 Å². The fraction of sp³-hybridized carbons (Fsp3) is 0.294. The highest BCUT2D eigenvalue weighted by atomic mass is 15.1. The Kier molecular flexibility index (Phi) is 10.7. The van der Waals surface area contributed by atoms with Gasteiger partial charge in [0.2, 0.25) is 0 Å². The highest BCUT2D eigenvalue weighted by Crippen LogP contribution is 2.60.